The van der Waals surface area contributed by atoms with Crippen molar-refractivity contribution in [2.75, 3.05) is 138 Å². The fourth-order valence-corrected chi connectivity index (χ4v) is 14.0. The molecule has 0 unspecified atom stereocenters. The van der Waals surface area contributed by atoms with Crippen LogP contribution in [0, 0.1) is 11.6 Å². The fraction of sp³-hybridized carbons (Fsp3) is 0.341. The summed E-state index contributed by atoms with van der Waals surface area (Å²) >= 11 is 12.1. The predicted molar refractivity (Wildman–Crippen MR) is 442 cm³/mol. The van der Waals surface area contributed by atoms with E-state index < -0.39 is 0 Å². The normalized spacial score (nSPS) is 15.1. The number of H-pyrrole nitrogens is 4. The van der Waals surface area contributed by atoms with Crippen LogP contribution in [0.4, 0.5) is 8.78 Å². The summed E-state index contributed by atoms with van der Waals surface area (Å²) in [6.45, 7) is 21.2. The Hall–Kier alpha value is -9.56. The standard InChI is InChI=1S/C21H24ClN5.C21H24FN5.C20H22FN5.C19H20ClN5.4CH4/c2*1-26-12-14-27(15-13-26)11-8-19-20(16-6-9-23-10-7-16)21(25-24-19)17-2-4-18(22)5-3-17;21-17-3-1-16(2-4-17)20-19(15-5-8-22-9-6-15)18(24-25-20)7-12-26-13-10-23-11-14-26;20-16-3-1-15(2-4-16)19-18(14-5-7-21-8-6-14)17(23-24-19)13-25-11-9-22-10-12-25;;;;/h2*2-7,9-10H,8,11-15H2,1H3,(H,24,25);1-6,8-9,23H,7,10-14H2,(H,24,25);1-8,22H,9-13H2,(H,23,24);4*1H4. The number of aromatic nitrogens is 12. The Labute approximate surface area is 652 Å². The molecule has 0 radical (unpaired) electrons. The molecule has 109 heavy (non-hydrogen) atoms. The summed E-state index contributed by atoms with van der Waals surface area (Å²) in [5, 5.41) is 39.7. The Morgan fingerprint density at radius 3 is 0.844 bits per heavy atom. The smallest absolute Gasteiger partial charge is 0.123 e. The zero-order chi connectivity index (χ0) is 72.1. The van der Waals surface area contributed by atoms with Crippen LogP contribution in [0.15, 0.2) is 195 Å². The van der Waals surface area contributed by atoms with Crippen LogP contribution in [0.3, 0.4) is 0 Å². The highest BCUT2D eigenvalue weighted by molar-refractivity contribution is 6.31. The Bertz CT molecular complexity index is 4430. The Morgan fingerprint density at radius 1 is 0.303 bits per heavy atom. The van der Waals surface area contributed by atoms with E-state index in [0.29, 0.717) is 0 Å². The van der Waals surface area contributed by atoms with Gasteiger partial charge >= 0.3 is 0 Å². The molecular weight excluding hydrogens is 1410 g/mol. The van der Waals surface area contributed by atoms with Crippen molar-refractivity contribution in [3.63, 3.8) is 0 Å². The van der Waals surface area contributed by atoms with Crippen LogP contribution in [0.5, 0.6) is 0 Å². The van der Waals surface area contributed by atoms with E-state index in [9.17, 15) is 8.78 Å². The third kappa shape index (κ3) is 22.6. The third-order valence-corrected chi connectivity index (χ3v) is 20.2. The SMILES string of the molecule is C.C.C.C.CN1CCN(CCc2[nH]nc(-c3ccc(Cl)cc3)c2-c2ccncc2)CC1.CN1CCN(CCc2[nH]nc(-c3ccc(F)cc3)c2-c2ccncc2)CC1.Clc1ccc(-c2n[nH]c(CN3CCNCC3)c2-c2ccncc2)cc1.Fc1ccc(-c2n[nH]c(CCN3CCNCC3)c2-c2ccncc2)cc1. The van der Waals surface area contributed by atoms with Gasteiger partial charge in [0.15, 0.2) is 0 Å². The Balaban J connectivity index is 0.000000165. The van der Waals surface area contributed by atoms with Gasteiger partial charge < -0.3 is 35.1 Å². The van der Waals surface area contributed by atoms with E-state index in [4.69, 9.17) is 23.2 Å². The summed E-state index contributed by atoms with van der Waals surface area (Å²) < 4.78 is 26.7. The zero-order valence-electron chi connectivity index (χ0n) is 59.5. The first-order valence-corrected chi connectivity index (χ1v) is 36.9. The molecule has 4 aliphatic heterocycles. The largest absolute Gasteiger partial charge is 0.314 e. The average molecular weight is 1520 g/mol. The number of likely N-dealkylation sites (N-methyl/N-ethyl adjacent to an activating group) is 2. The molecule has 16 rings (SSSR count). The quantitative estimate of drug-likeness (QED) is 0.0445. The van der Waals surface area contributed by atoms with E-state index in [1.54, 1.807) is 49.1 Å². The first-order valence-electron chi connectivity index (χ1n) is 36.2. The number of piperazine rings is 4. The lowest BCUT2D eigenvalue weighted by molar-refractivity contribution is 0.155. The second kappa shape index (κ2) is 41.9. The number of pyridine rings is 4. The molecule has 20 nitrogen and oxygen atoms in total. The molecule has 0 aliphatic carbocycles. The molecule has 574 valence electrons. The van der Waals surface area contributed by atoms with Gasteiger partial charge in [-0.15, -0.1) is 0 Å². The fourth-order valence-electron chi connectivity index (χ4n) is 13.7. The summed E-state index contributed by atoms with van der Waals surface area (Å²) in [4.78, 5) is 31.2. The van der Waals surface area contributed by atoms with Gasteiger partial charge in [-0.25, -0.2) is 8.78 Å². The lowest BCUT2D eigenvalue weighted by atomic mass is 9.98. The molecule has 12 heterocycles. The molecule has 0 spiro atoms. The number of nitrogens with zero attached hydrogens (tertiary/aromatic N) is 14. The summed E-state index contributed by atoms with van der Waals surface area (Å²) in [5.41, 5.74) is 21.0. The highest BCUT2D eigenvalue weighted by Gasteiger charge is 2.25. The molecule has 0 amide bonds. The van der Waals surface area contributed by atoms with Gasteiger partial charge in [-0.3, -0.25) is 45.2 Å². The van der Waals surface area contributed by atoms with Crippen LogP contribution in [0.2, 0.25) is 10.0 Å². The van der Waals surface area contributed by atoms with Crippen LogP contribution < -0.4 is 10.6 Å². The van der Waals surface area contributed by atoms with Gasteiger partial charge in [-0.2, -0.15) is 20.4 Å². The molecule has 0 bridgehead atoms. The van der Waals surface area contributed by atoms with E-state index in [1.807, 2.05) is 122 Å². The molecule has 24 heteroatoms. The van der Waals surface area contributed by atoms with Crippen molar-refractivity contribution < 1.29 is 8.78 Å². The van der Waals surface area contributed by atoms with Gasteiger partial charge in [0.2, 0.25) is 0 Å². The summed E-state index contributed by atoms with van der Waals surface area (Å²) in [6.07, 6.45) is 17.2. The maximum absolute atomic E-state index is 13.3. The second-order valence-electron chi connectivity index (χ2n) is 26.8. The van der Waals surface area contributed by atoms with E-state index >= 15 is 0 Å². The van der Waals surface area contributed by atoms with E-state index in [-0.39, 0.29) is 41.3 Å². The third-order valence-electron chi connectivity index (χ3n) is 19.7. The molecule has 0 atom stereocenters. The monoisotopic (exact) mass is 1510 g/mol. The molecular formula is C85H106Cl2F2N20. The van der Waals surface area contributed by atoms with Crippen molar-refractivity contribution >= 4 is 23.2 Å². The molecule has 4 aromatic carbocycles. The molecule has 0 saturated carbocycles. The van der Waals surface area contributed by atoms with Crippen molar-refractivity contribution in [2.24, 2.45) is 0 Å². The van der Waals surface area contributed by atoms with Crippen molar-refractivity contribution in [1.82, 2.24) is 101 Å². The highest BCUT2D eigenvalue weighted by Crippen LogP contribution is 2.38. The minimum absolute atomic E-state index is 0. The minimum atomic E-state index is -0.242. The lowest BCUT2D eigenvalue weighted by Crippen LogP contribution is -2.45. The first-order chi connectivity index (χ1) is 51.5. The molecule has 4 fully saturated rings. The Kier molecular flexibility index (Phi) is 32.1. The Morgan fingerprint density at radius 2 is 0.550 bits per heavy atom. The van der Waals surface area contributed by atoms with Gasteiger partial charge in [-0.05, 0) is 158 Å². The second-order valence-corrected chi connectivity index (χ2v) is 27.7. The topological polar surface area (TPSA) is 210 Å². The average Bonchev–Trinajstić information content (AvgIpc) is 1.69. The highest BCUT2D eigenvalue weighted by atomic mass is 35.5. The maximum Gasteiger partial charge on any atom is 0.123 e. The van der Waals surface area contributed by atoms with E-state index in [0.717, 1.165) is 267 Å². The van der Waals surface area contributed by atoms with Crippen molar-refractivity contribution in [3.8, 4) is 89.5 Å². The number of hydrogen-bond donors (Lipinski definition) is 6. The molecule has 6 N–H and O–H groups in total. The number of nitrogens with one attached hydrogen (secondary N) is 6. The van der Waals surface area contributed by atoms with E-state index in [2.05, 4.69) is 115 Å². The van der Waals surface area contributed by atoms with Crippen molar-refractivity contribution in [3.05, 3.63) is 240 Å². The van der Waals surface area contributed by atoms with Crippen molar-refractivity contribution in [1.29, 1.82) is 0 Å². The van der Waals surface area contributed by atoms with Crippen LogP contribution in [-0.2, 0) is 25.8 Å². The minimum Gasteiger partial charge on any atom is -0.314 e. The zero-order valence-corrected chi connectivity index (χ0v) is 61.0. The van der Waals surface area contributed by atoms with Gasteiger partial charge in [0, 0.05) is 271 Å². The van der Waals surface area contributed by atoms with Crippen molar-refractivity contribution in [2.45, 2.75) is 55.5 Å². The number of benzene rings is 4. The van der Waals surface area contributed by atoms with Gasteiger partial charge in [0.05, 0.1) is 5.69 Å². The lowest BCUT2D eigenvalue weighted by Gasteiger charge is -2.32. The predicted octanol–water partition coefficient (Wildman–Crippen LogP) is 15.1. The number of rotatable bonds is 19. The molecule has 12 aromatic rings. The van der Waals surface area contributed by atoms with Crippen LogP contribution >= 0.6 is 23.2 Å². The van der Waals surface area contributed by atoms with Gasteiger partial charge in [-0.1, -0.05) is 77.2 Å². The van der Waals surface area contributed by atoms with Crippen LogP contribution in [-0.4, -0.2) is 229 Å². The summed E-state index contributed by atoms with van der Waals surface area (Å²) in [6, 6.07) is 44.8. The van der Waals surface area contributed by atoms with Crippen LogP contribution in [0.25, 0.3) is 89.5 Å². The number of hydrogen-bond acceptors (Lipinski definition) is 16. The van der Waals surface area contributed by atoms with Crippen LogP contribution in [0.1, 0.15) is 52.5 Å². The van der Waals surface area contributed by atoms with Gasteiger partial charge in [0.1, 0.15) is 34.4 Å². The molecule has 8 aromatic heterocycles. The van der Waals surface area contributed by atoms with Gasteiger partial charge in [0.25, 0.3) is 0 Å². The number of halogens is 4. The summed E-state index contributed by atoms with van der Waals surface area (Å²) in [5.74, 6) is -0.483. The molecule has 4 aliphatic rings. The maximum atomic E-state index is 13.3. The van der Waals surface area contributed by atoms with E-state index in [1.165, 1.54) is 30.0 Å². The summed E-state index contributed by atoms with van der Waals surface area (Å²) in [7, 11) is 4.36. The first kappa shape index (κ1) is 83.5. The number of aromatic amines is 4. The molecule has 4 saturated heterocycles.